The lowest BCUT2D eigenvalue weighted by atomic mass is 9.88. The van der Waals surface area contributed by atoms with E-state index >= 15 is 0 Å². The molecule has 3 heterocycles. The smallest absolute Gasteiger partial charge is 0.0856 e. The van der Waals surface area contributed by atoms with Gasteiger partial charge in [0.1, 0.15) is 0 Å². The molecule has 0 radical (unpaired) electrons. The van der Waals surface area contributed by atoms with Crippen molar-refractivity contribution >= 4 is 22.6 Å². The Bertz CT molecular complexity index is 1120. The van der Waals surface area contributed by atoms with Crippen LogP contribution in [0.15, 0.2) is 67.1 Å². The van der Waals surface area contributed by atoms with Crippen molar-refractivity contribution < 1.29 is 0 Å². The van der Waals surface area contributed by atoms with Gasteiger partial charge < -0.3 is 0 Å². The highest BCUT2D eigenvalue weighted by Crippen LogP contribution is 2.36. The maximum Gasteiger partial charge on any atom is 0.0856 e. The fourth-order valence-electron chi connectivity index (χ4n) is 3.82. The molecular weight excluding hydrogens is 352 g/mol. The summed E-state index contributed by atoms with van der Waals surface area (Å²) >= 11 is 1.31. The van der Waals surface area contributed by atoms with Gasteiger partial charge in [-0.25, -0.2) is 0 Å². The number of hydrogen-bond donors (Lipinski definition) is 0. The molecule has 0 saturated heterocycles. The fraction of sp³-hybridized carbons (Fsp3) is 0.182. The second-order valence-electron chi connectivity index (χ2n) is 6.85. The van der Waals surface area contributed by atoms with Crippen LogP contribution in [0, 0.1) is 0 Å². The minimum absolute atomic E-state index is 0.201. The van der Waals surface area contributed by atoms with E-state index in [0.717, 1.165) is 36.2 Å². The van der Waals surface area contributed by atoms with Crippen LogP contribution in [0.5, 0.6) is 0 Å². The van der Waals surface area contributed by atoms with Gasteiger partial charge in [0.2, 0.25) is 0 Å². The largest absolute Gasteiger partial charge is 0.265 e. The minimum Gasteiger partial charge on any atom is -0.265 e. The van der Waals surface area contributed by atoms with Gasteiger partial charge in [-0.05, 0) is 53.8 Å². The van der Waals surface area contributed by atoms with Crippen molar-refractivity contribution in [3.63, 3.8) is 0 Å². The summed E-state index contributed by atoms with van der Waals surface area (Å²) in [6, 6.07) is 12.9. The molecule has 0 N–H and O–H groups in total. The van der Waals surface area contributed by atoms with E-state index in [1.54, 1.807) is 0 Å². The predicted octanol–water partition coefficient (Wildman–Crippen LogP) is 4.71. The molecule has 132 valence electrons. The van der Waals surface area contributed by atoms with Gasteiger partial charge in [0, 0.05) is 36.3 Å². The Morgan fingerprint density at radius 2 is 1.89 bits per heavy atom. The highest BCUT2D eigenvalue weighted by molar-refractivity contribution is 6.99. The van der Waals surface area contributed by atoms with E-state index in [4.69, 9.17) is 4.98 Å². The van der Waals surface area contributed by atoms with Crippen LogP contribution in [0.4, 0.5) is 0 Å². The number of fused-ring (bicyclic) bond motifs is 2. The molecule has 0 bridgehead atoms. The zero-order valence-electron chi connectivity index (χ0n) is 14.7. The number of aromatic nitrogens is 4. The van der Waals surface area contributed by atoms with Crippen molar-refractivity contribution in [2.75, 3.05) is 0 Å². The zero-order valence-corrected chi connectivity index (χ0v) is 15.6. The third-order valence-corrected chi connectivity index (χ3v) is 5.67. The number of pyridine rings is 2. The van der Waals surface area contributed by atoms with Gasteiger partial charge in [-0.15, -0.1) is 0 Å². The molecule has 0 spiro atoms. The van der Waals surface area contributed by atoms with Crippen molar-refractivity contribution in [3.05, 3.63) is 95.2 Å². The van der Waals surface area contributed by atoms with Crippen molar-refractivity contribution in [2.45, 2.75) is 25.2 Å². The standard InChI is InChI=1S/C22H18N4S/c1-2-6-20-22(26-27-25-20)18(5-1)19-14-16(12-15-7-10-23-11-8-15)13-17-4-3-9-24-21(17)19/h1-4,7-11,13-14,18H,5-6,12H2. The molecule has 0 saturated carbocycles. The number of benzene rings is 1. The molecule has 1 aliphatic rings. The monoisotopic (exact) mass is 370 g/mol. The van der Waals surface area contributed by atoms with E-state index in [0.29, 0.717) is 0 Å². The summed E-state index contributed by atoms with van der Waals surface area (Å²) in [6.45, 7) is 0. The van der Waals surface area contributed by atoms with E-state index in [1.807, 2.05) is 24.7 Å². The van der Waals surface area contributed by atoms with Gasteiger partial charge in [0.25, 0.3) is 0 Å². The Morgan fingerprint density at radius 1 is 0.963 bits per heavy atom. The van der Waals surface area contributed by atoms with Crippen LogP contribution >= 0.6 is 11.7 Å². The van der Waals surface area contributed by atoms with Crippen LogP contribution in [0.2, 0.25) is 0 Å². The van der Waals surface area contributed by atoms with Crippen molar-refractivity contribution in [1.29, 1.82) is 0 Å². The second kappa shape index (κ2) is 7.00. The normalized spacial score (nSPS) is 16.2. The summed E-state index contributed by atoms with van der Waals surface area (Å²) in [7, 11) is 0. The van der Waals surface area contributed by atoms with Gasteiger partial charge in [0.15, 0.2) is 0 Å². The minimum atomic E-state index is 0.201. The number of hydrogen-bond acceptors (Lipinski definition) is 5. The molecule has 4 aromatic rings. The molecule has 0 aliphatic heterocycles. The molecular formula is C22H18N4S. The maximum absolute atomic E-state index is 4.71. The molecule has 1 unspecified atom stereocenters. The van der Waals surface area contributed by atoms with Crippen LogP contribution in [-0.4, -0.2) is 18.7 Å². The predicted molar refractivity (Wildman–Crippen MR) is 108 cm³/mol. The lowest BCUT2D eigenvalue weighted by Gasteiger charge is -2.17. The molecule has 1 atom stereocenters. The molecule has 1 aliphatic carbocycles. The Hall–Kier alpha value is -2.92. The molecule has 3 aromatic heterocycles. The summed E-state index contributed by atoms with van der Waals surface area (Å²) in [5.74, 6) is 0.201. The molecule has 4 nitrogen and oxygen atoms in total. The quantitative estimate of drug-likeness (QED) is 0.490. The van der Waals surface area contributed by atoms with Crippen molar-refractivity contribution in [2.24, 2.45) is 0 Å². The third kappa shape index (κ3) is 3.15. The Morgan fingerprint density at radius 3 is 2.81 bits per heavy atom. The van der Waals surface area contributed by atoms with E-state index in [2.05, 4.69) is 56.2 Å². The van der Waals surface area contributed by atoms with Gasteiger partial charge in [-0.1, -0.05) is 24.3 Å². The maximum atomic E-state index is 4.71. The Balaban J connectivity index is 1.66. The first kappa shape index (κ1) is 16.3. The lowest BCUT2D eigenvalue weighted by Crippen LogP contribution is -2.05. The molecule has 5 heteroatoms. The van der Waals surface area contributed by atoms with E-state index in [9.17, 15) is 0 Å². The highest BCUT2D eigenvalue weighted by Gasteiger charge is 2.24. The molecule has 1 aromatic carbocycles. The third-order valence-electron chi connectivity index (χ3n) is 5.09. The van der Waals surface area contributed by atoms with Gasteiger partial charge >= 0.3 is 0 Å². The summed E-state index contributed by atoms with van der Waals surface area (Å²) < 4.78 is 9.16. The van der Waals surface area contributed by atoms with E-state index in [1.165, 1.54) is 33.8 Å². The summed E-state index contributed by atoms with van der Waals surface area (Å²) in [6.07, 6.45) is 12.7. The van der Waals surface area contributed by atoms with Gasteiger partial charge in [-0.2, -0.15) is 8.75 Å². The number of rotatable bonds is 3. The number of allylic oxidation sites excluding steroid dienone is 2. The number of nitrogens with zero attached hydrogens (tertiary/aromatic N) is 4. The van der Waals surface area contributed by atoms with Crippen molar-refractivity contribution in [3.8, 4) is 0 Å². The fourth-order valence-corrected chi connectivity index (χ4v) is 4.45. The summed E-state index contributed by atoms with van der Waals surface area (Å²) in [5, 5.41) is 1.18. The van der Waals surface area contributed by atoms with Crippen LogP contribution < -0.4 is 0 Å². The van der Waals surface area contributed by atoms with Crippen LogP contribution in [-0.2, 0) is 12.8 Å². The van der Waals surface area contributed by atoms with Crippen LogP contribution in [0.25, 0.3) is 10.9 Å². The topological polar surface area (TPSA) is 51.6 Å². The summed E-state index contributed by atoms with van der Waals surface area (Å²) in [5.41, 5.74) is 7.07. The highest BCUT2D eigenvalue weighted by atomic mass is 32.1. The summed E-state index contributed by atoms with van der Waals surface area (Å²) in [4.78, 5) is 8.84. The van der Waals surface area contributed by atoms with Gasteiger partial charge in [0.05, 0.1) is 28.6 Å². The van der Waals surface area contributed by atoms with Crippen LogP contribution in [0.3, 0.4) is 0 Å². The van der Waals surface area contributed by atoms with E-state index in [-0.39, 0.29) is 5.92 Å². The molecule has 5 rings (SSSR count). The zero-order chi connectivity index (χ0) is 18.1. The molecule has 0 fully saturated rings. The van der Waals surface area contributed by atoms with Crippen molar-refractivity contribution in [1.82, 2.24) is 18.7 Å². The Labute approximate surface area is 162 Å². The molecule has 0 amide bonds. The first-order valence-electron chi connectivity index (χ1n) is 9.11. The SMILES string of the molecule is C1=CCC(c2cc(Cc3ccncc3)cc3cccnc23)c2nsnc2C1. The van der Waals surface area contributed by atoms with Gasteiger partial charge in [-0.3, -0.25) is 9.97 Å². The lowest BCUT2D eigenvalue weighted by molar-refractivity contribution is 0.807. The first-order valence-corrected chi connectivity index (χ1v) is 9.84. The average molecular weight is 370 g/mol. The van der Waals surface area contributed by atoms with E-state index < -0.39 is 0 Å². The average Bonchev–Trinajstić information content (AvgIpc) is 3.08. The first-order chi connectivity index (χ1) is 13.4. The second-order valence-corrected chi connectivity index (χ2v) is 7.38. The Kier molecular flexibility index (Phi) is 4.22. The molecule has 27 heavy (non-hydrogen) atoms. The van der Waals surface area contributed by atoms with Crippen LogP contribution in [0.1, 0.15) is 40.4 Å².